The Bertz CT molecular complexity index is 1180. The number of rotatable bonds is 2. The van der Waals surface area contributed by atoms with Crippen LogP contribution in [0.5, 0.6) is 11.5 Å². The van der Waals surface area contributed by atoms with Crippen LogP contribution < -0.4 is 5.73 Å². The van der Waals surface area contributed by atoms with E-state index >= 15 is 0 Å². The third kappa shape index (κ3) is 2.63. The van der Waals surface area contributed by atoms with Gasteiger partial charge in [-0.05, 0) is 31.6 Å². The lowest BCUT2D eigenvalue weighted by Crippen LogP contribution is -2.70. The number of carbonyl (C=O) groups is 3. The Kier molecular flexibility index (Phi) is 4.86. The number of fused-ring (bicyclic) bond motifs is 3. The van der Waals surface area contributed by atoms with Crippen molar-refractivity contribution in [1.82, 2.24) is 4.90 Å². The van der Waals surface area contributed by atoms with Crippen molar-refractivity contribution in [3.8, 4) is 11.5 Å². The van der Waals surface area contributed by atoms with Gasteiger partial charge in [-0.15, -0.1) is 0 Å². The van der Waals surface area contributed by atoms with E-state index in [0.29, 0.717) is 5.56 Å². The normalized spacial score (nSPS) is 33.7. The topological polar surface area (TPSA) is 202 Å². The standard InChI is InChI=1S/C22H24N2O9/c1-6-7-4-5-8(25)15(26)10(7)16(27)11-9(6)17(28)13-14(24(2)3)18(29)12(21(23)32)20(31)22(13,33)19(11)30/h4-6,9,13-14,17,25-28,31,33H,1-3H3,(H2,23,32)/t6-,9+,13+,14-,17-,22-/m0/s1. The average molecular weight is 460 g/mol. The van der Waals surface area contributed by atoms with E-state index in [9.17, 15) is 45.0 Å². The summed E-state index contributed by atoms with van der Waals surface area (Å²) in [4.78, 5) is 40.0. The van der Waals surface area contributed by atoms with Gasteiger partial charge in [0.2, 0.25) is 5.78 Å². The number of primary amides is 1. The molecule has 1 aromatic carbocycles. The van der Waals surface area contributed by atoms with Gasteiger partial charge in [-0.25, -0.2) is 0 Å². The molecule has 0 aromatic heterocycles. The van der Waals surface area contributed by atoms with Crippen LogP contribution in [0.1, 0.15) is 24.0 Å². The first-order valence-electron chi connectivity index (χ1n) is 10.2. The van der Waals surface area contributed by atoms with E-state index in [-0.39, 0.29) is 5.56 Å². The second-order valence-corrected chi connectivity index (χ2v) is 8.95. The molecule has 1 fully saturated rings. The summed E-state index contributed by atoms with van der Waals surface area (Å²) in [6, 6.07) is 1.20. The minimum Gasteiger partial charge on any atom is -0.508 e. The Morgan fingerprint density at radius 1 is 1.12 bits per heavy atom. The molecular weight excluding hydrogens is 436 g/mol. The number of hydrogen-bond donors (Lipinski definition) is 7. The van der Waals surface area contributed by atoms with Crippen LogP contribution in [0.4, 0.5) is 0 Å². The number of aromatic hydroxyl groups is 2. The number of nitrogens with two attached hydrogens (primary N) is 1. The maximum atomic E-state index is 13.7. The van der Waals surface area contributed by atoms with E-state index in [2.05, 4.69) is 0 Å². The van der Waals surface area contributed by atoms with Gasteiger partial charge in [0.15, 0.2) is 22.9 Å². The molecule has 0 unspecified atom stereocenters. The van der Waals surface area contributed by atoms with Gasteiger partial charge in [0.05, 0.1) is 23.6 Å². The summed E-state index contributed by atoms with van der Waals surface area (Å²) in [7, 11) is 2.87. The highest BCUT2D eigenvalue weighted by atomic mass is 16.4. The van der Waals surface area contributed by atoms with Crippen molar-refractivity contribution in [1.29, 1.82) is 0 Å². The van der Waals surface area contributed by atoms with Gasteiger partial charge < -0.3 is 36.4 Å². The number of aliphatic hydroxyl groups is 4. The molecule has 8 N–H and O–H groups in total. The summed E-state index contributed by atoms with van der Waals surface area (Å²) in [6.45, 7) is 1.60. The highest BCUT2D eigenvalue weighted by Crippen LogP contribution is 2.56. The molecule has 0 spiro atoms. The number of hydrogen-bond acceptors (Lipinski definition) is 10. The lowest BCUT2D eigenvalue weighted by Gasteiger charge is -2.53. The first kappa shape index (κ1) is 22.8. The van der Waals surface area contributed by atoms with E-state index < -0.39 is 87.1 Å². The fourth-order valence-electron chi connectivity index (χ4n) is 5.61. The predicted molar refractivity (Wildman–Crippen MR) is 112 cm³/mol. The molecule has 3 aliphatic rings. The summed E-state index contributed by atoms with van der Waals surface area (Å²) in [6.07, 6.45) is -1.66. The van der Waals surface area contributed by atoms with Gasteiger partial charge in [-0.2, -0.15) is 0 Å². The fourth-order valence-corrected chi connectivity index (χ4v) is 5.61. The van der Waals surface area contributed by atoms with Crippen molar-refractivity contribution >= 4 is 23.2 Å². The second-order valence-electron chi connectivity index (χ2n) is 8.95. The Labute approximate surface area is 187 Å². The number of aliphatic hydroxyl groups excluding tert-OH is 3. The Morgan fingerprint density at radius 3 is 2.27 bits per heavy atom. The van der Waals surface area contributed by atoms with E-state index in [1.54, 1.807) is 6.92 Å². The SMILES string of the molecule is C[C@H]1c2ccc(O)c(O)c2C(O)=C2C(=O)[C@]3(O)C(O)=C(C(N)=O)C(=O)[C@@H](N(C)C)[C@@H]3[C@@H](O)[C@@H]21. The molecule has 0 bridgehead atoms. The maximum absolute atomic E-state index is 13.7. The van der Waals surface area contributed by atoms with Crippen molar-refractivity contribution < 1.29 is 45.0 Å². The van der Waals surface area contributed by atoms with Gasteiger partial charge in [-0.3, -0.25) is 19.3 Å². The average Bonchev–Trinajstić information content (AvgIpc) is 2.72. The van der Waals surface area contributed by atoms with Gasteiger partial charge in [0.25, 0.3) is 5.91 Å². The minimum atomic E-state index is -2.96. The van der Waals surface area contributed by atoms with Crippen molar-refractivity contribution in [2.45, 2.75) is 30.6 Å². The van der Waals surface area contributed by atoms with Crippen LogP contribution in [-0.4, -0.2) is 84.9 Å². The number of Topliss-reactive ketones (excluding diaryl/α,β-unsaturated/α-hetero) is 2. The lowest BCUT2D eigenvalue weighted by atomic mass is 9.54. The van der Waals surface area contributed by atoms with Crippen LogP contribution in [0.25, 0.3) is 5.76 Å². The number of likely N-dealkylation sites (N-methyl/N-ethyl adjacent to an activating group) is 1. The predicted octanol–water partition coefficient (Wildman–Crippen LogP) is -0.799. The zero-order chi connectivity index (χ0) is 24.7. The largest absolute Gasteiger partial charge is 0.508 e. The van der Waals surface area contributed by atoms with Crippen LogP contribution in [-0.2, 0) is 14.4 Å². The molecule has 11 nitrogen and oxygen atoms in total. The third-order valence-corrected chi connectivity index (χ3v) is 7.11. The highest BCUT2D eigenvalue weighted by Gasteiger charge is 2.68. The quantitative estimate of drug-likeness (QED) is 0.216. The van der Waals surface area contributed by atoms with Crippen molar-refractivity contribution in [3.63, 3.8) is 0 Å². The molecule has 3 aliphatic carbocycles. The molecule has 33 heavy (non-hydrogen) atoms. The van der Waals surface area contributed by atoms with Gasteiger partial charge >= 0.3 is 0 Å². The van der Waals surface area contributed by atoms with Gasteiger partial charge in [0.1, 0.15) is 17.1 Å². The molecule has 0 radical (unpaired) electrons. The number of amides is 1. The van der Waals surface area contributed by atoms with E-state index in [4.69, 9.17) is 5.73 Å². The van der Waals surface area contributed by atoms with Gasteiger partial charge in [-0.1, -0.05) is 13.0 Å². The maximum Gasteiger partial charge on any atom is 0.255 e. The van der Waals surface area contributed by atoms with Crippen molar-refractivity contribution in [2.75, 3.05) is 14.1 Å². The monoisotopic (exact) mass is 460 g/mol. The molecule has 0 saturated heterocycles. The molecule has 0 aliphatic heterocycles. The molecule has 1 aromatic rings. The van der Waals surface area contributed by atoms with Crippen LogP contribution >= 0.6 is 0 Å². The van der Waals surface area contributed by atoms with Crippen molar-refractivity contribution in [3.05, 3.63) is 40.2 Å². The number of nitrogens with zero attached hydrogens (tertiary/aromatic N) is 1. The lowest BCUT2D eigenvalue weighted by molar-refractivity contribution is -0.169. The molecule has 1 saturated carbocycles. The number of ketones is 2. The highest BCUT2D eigenvalue weighted by molar-refractivity contribution is 6.24. The number of benzene rings is 1. The van der Waals surface area contributed by atoms with Crippen LogP contribution in [0.2, 0.25) is 0 Å². The van der Waals surface area contributed by atoms with E-state index in [0.717, 1.165) is 0 Å². The Hall–Kier alpha value is -3.41. The number of phenols is 2. The smallest absolute Gasteiger partial charge is 0.255 e. The summed E-state index contributed by atoms with van der Waals surface area (Å²) in [5.41, 5.74) is 0.858. The van der Waals surface area contributed by atoms with E-state index in [1.807, 2.05) is 0 Å². The molecule has 4 rings (SSSR count). The Morgan fingerprint density at radius 2 is 1.73 bits per heavy atom. The minimum absolute atomic E-state index is 0.258. The summed E-state index contributed by atoms with van der Waals surface area (Å²) < 4.78 is 0. The molecule has 0 heterocycles. The summed E-state index contributed by atoms with van der Waals surface area (Å²) in [5.74, 6) is -10.4. The molecule has 6 atom stereocenters. The Balaban J connectivity index is 2.07. The zero-order valence-corrected chi connectivity index (χ0v) is 18.0. The van der Waals surface area contributed by atoms with Crippen LogP contribution in [0.15, 0.2) is 29.0 Å². The summed E-state index contributed by atoms with van der Waals surface area (Å²) >= 11 is 0. The zero-order valence-electron chi connectivity index (χ0n) is 18.0. The fraction of sp³-hybridized carbons (Fsp3) is 0.409. The second kappa shape index (κ2) is 7.04. The molecule has 11 heteroatoms. The summed E-state index contributed by atoms with van der Waals surface area (Å²) in [5, 5.41) is 64.8. The first-order valence-corrected chi connectivity index (χ1v) is 10.2. The van der Waals surface area contributed by atoms with Gasteiger partial charge in [0, 0.05) is 11.5 Å². The van der Waals surface area contributed by atoms with Crippen LogP contribution in [0.3, 0.4) is 0 Å². The molecule has 176 valence electrons. The van der Waals surface area contributed by atoms with Crippen LogP contribution in [0, 0.1) is 11.8 Å². The molecule has 1 amide bonds. The number of carbonyl (C=O) groups excluding carboxylic acids is 3. The van der Waals surface area contributed by atoms with E-state index in [1.165, 1.54) is 31.1 Å². The first-order chi connectivity index (χ1) is 15.3. The van der Waals surface area contributed by atoms with Crippen molar-refractivity contribution in [2.24, 2.45) is 17.6 Å². The molecular formula is C22H24N2O9. The third-order valence-electron chi connectivity index (χ3n) is 7.11. The number of phenolic OH excluding ortho intramolecular Hbond substituents is 2.